The molecular formula is C17H20N2O3S2. The number of nitrogens with one attached hydrogen (secondary N) is 2. The predicted molar refractivity (Wildman–Crippen MR) is 101 cm³/mol. The third kappa shape index (κ3) is 6.25. The lowest BCUT2D eigenvalue weighted by Gasteiger charge is -2.11. The molecule has 2 aromatic rings. The summed E-state index contributed by atoms with van der Waals surface area (Å²) in [6, 6.07) is 10.9. The molecule has 5 nitrogen and oxygen atoms in total. The number of hydrogen-bond donors (Lipinski definition) is 2. The molecule has 2 N–H and O–H groups in total. The maximum absolute atomic E-state index is 11.7. The summed E-state index contributed by atoms with van der Waals surface area (Å²) in [6.45, 7) is 2.88. The van der Waals surface area contributed by atoms with Gasteiger partial charge in [0.1, 0.15) is 5.76 Å². The maximum atomic E-state index is 11.7. The minimum atomic E-state index is -0.339. The molecule has 0 saturated carbocycles. The van der Waals surface area contributed by atoms with Gasteiger partial charge in [0, 0.05) is 18.0 Å². The Morgan fingerprint density at radius 2 is 2.21 bits per heavy atom. The average molecular weight is 364 g/mol. The zero-order valence-electron chi connectivity index (χ0n) is 13.4. The Balaban J connectivity index is 1.70. The highest BCUT2D eigenvalue weighted by Crippen LogP contribution is 2.13. The van der Waals surface area contributed by atoms with Gasteiger partial charge < -0.3 is 19.8 Å². The van der Waals surface area contributed by atoms with Crippen LogP contribution in [0.1, 0.15) is 23.0 Å². The fourth-order valence-corrected chi connectivity index (χ4v) is 2.89. The normalized spacial score (nSPS) is 10.2. The van der Waals surface area contributed by atoms with E-state index in [0.29, 0.717) is 17.3 Å². The van der Waals surface area contributed by atoms with Gasteiger partial charge >= 0.3 is 5.97 Å². The summed E-state index contributed by atoms with van der Waals surface area (Å²) in [7, 11) is 0. The molecule has 0 radical (unpaired) electrons. The van der Waals surface area contributed by atoms with Crippen molar-refractivity contribution in [1.29, 1.82) is 0 Å². The Bertz CT molecular complexity index is 660. The fraction of sp³-hybridized carbons (Fsp3) is 0.294. The number of carbonyl (C=O) groups excluding carboxylic acids is 1. The SMILES string of the molecule is CCOC(=O)c1cccc(NC(=S)NCCSCc2ccco2)c1. The number of ether oxygens (including phenoxy) is 1. The highest BCUT2D eigenvalue weighted by atomic mass is 32.2. The Kier molecular flexibility index (Phi) is 7.64. The zero-order valence-corrected chi connectivity index (χ0v) is 15.0. The second kappa shape index (κ2) is 10.00. The number of thiocarbonyl (C=S) groups is 1. The average Bonchev–Trinajstić information content (AvgIpc) is 3.08. The number of thioether (sulfide) groups is 1. The molecule has 1 aromatic carbocycles. The molecule has 0 aliphatic carbocycles. The first-order chi connectivity index (χ1) is 11.7. The predicted octanol–water partition coefficient (Wildman–Crippen LogP) is 3.68. The number of esters is 1. The van der Waals surface area contributed by atoms with Gasteiger partial charge in [-0.1, -0.05) is 6.07 Å². The molecule has 0 fully saturated rings. The Labute approximate surface area is 151 Å². The van der Waals surface area contributed by atoms with E-state index in [1.807, 2.05) is 18.2 Å². The first-order valence-electron chi connectivity index (χ1n) is 7.61. The molecule has 0 spiro atoms. The van der Waals surface area contributed by atoms with Crippen LogP contribution in [-0.2, 0) is 10.5 Å². The van der Waals surface area contributed by atoms with Gasteiger partial charge in [-0.3, -0.25) is 0 Å². The van der Waals surface area contributed by atoms with Crippen LogP contribution in [0.15, 0.2) is 47.1 Å². The van der Waals surface area contributed by atoms with Crippen molar-refractivity contribution in [2.45, 2.75) is 12.7 Å². The van der Waals surface area contributed by atoms with Crippen molar-refractivity contribution in [3.63, 3.8) is 0 Å². The van der Waals surface area contributed by atoms with Crippen molar-refractivity contribution in [2.75, 3.05) is 24.2 Å². The standard InChI is InChI=1S/C17H20N2O3S2/c1-2-21-16(20)13-5-3-6-14(11-13)19-17(23)18-8-10-24-12-15-7-4-9-22-15/h3-7,9,11H,2,8,10,12H2,1H3,(H2,18,19,23). The number of carbonyl (C=O) groups is 1. The number of anilines is 1. The number of furan rings is 1. The quantitative estimate of drug-likeness (QED) is 0.421. The number of rotatable bonds is 8. The van der Waals surface area contributed by atoms with Gasteiger partial charge in [-0.2, -0.15) is 11.8 Å². The van der Waals surface area contributed by atoms with Crippen LogP contribution in [0.3, 0.4) is 0 Å². The topological polar surface area (TPSA) is 63.5 Å². The molecule has 0 saturated heterocycles. The molecule has 24 heavy (non-hydrogen) atoms. The first kappa shape index (κ1) is 18.4. The van der Waals surface area contributed by atoms with Gasteiger partial charge in [0.25, 0.3) is 0 Å². The summed E-state index contributed by atoms with van der Waals surface area (Å²) in [5, 5.41) is 6.73. The van der Waals surface area contributed by atoms with Crippen LogP contribution in [-0.4, -0.2) is 30.0 Å². The second-order valence-electron chi connectivity index (χ2n) is 4.81. The molecule has 0 aliphatic rings. The molecule has 0 bridgehead atoms. The highest BCUT2D eigenvalue weighted by Gasteiger charge is 2.07. The van der Waals surface area contributed by atoms with Gasteiger partial charge in [-0.05, 0) is 49.5 Å². The summed E-state index contributed by atoms with van der Waals surface area (Å²) in [4.78, 5) is 11.7. The maximum Gasteiger partial charge on any atom is 0.338 e. The summed E-state index contributed by atoms with van der Waals surface area (Å²) in [6.07, 6.45) is 1.68. The van der Waals surface area contributed by atoms with Gasteiger partial charge in [-0.15, -0.1) is 0 Å². The zero-order chi connectivity index (χ0) is 17.2. The van der Waals surface area contributed by atoms with Crippen molar-refractivity contribution in [3.05, 3.63) is 54.0 Å². The van der Waals surface area contributed by atoms with Crippen molar-refractivity contribution in [3.8, 4) is 0 Å². The van der Waals surface area contributed by atoms with Crippen LogP contribution in [0.5, 0.6) is 0 Å². The van der Waals surface area contributed by atoms with Crippen LogP contribution in [0.4, 0.5) is 5.69 Å². The second-order valence-corrected chi connectivity index (χ2v) is 6.33. The summed E-state index contributed by atoms with van der Waals surface area (Å²) < 4.78 is 10.3. The van der Waals surface area contributed by atoms with E-state index in [2.05, 4.69) is 10.6 Å². The monoisotopic (exact) mass is 364 g/mol. The first-order valence-corrected chi connectivity index (χ1v) is 9.17. The lowest BCUT2D eigenvalue weighted by atomic mass is 10.2. The van der Waals surface area contributed by atoms with Crippen LogP contribution in [0.2, 0.25) is 0 Å². The molecule has 0 aliphatic heterocycles. The Morgan fingerprint density at radius 3 is 2.96 bits per heavy atom. The summed E-state index contributed by atoms with van der Waals surface area (Å²) in [5.74, 6) is 2.38. The van der Waals surface area contributed by atoms with Gasteiger partial charge in [0.2, 0.25) is 0 Å². The number of benzene rings is 1. The van der Waals surface area contributed by atoms with Crippen LogP contribution >= 0.6 is 24.0 Å². The fourth-order valence-electron chi connectivity index (χ4n) is 1.92. The van der Waals surface area contributed by atoms with Crippen molar-refractivity contribution in [2.24, 2.45) is 0 Å². The van der Waals surface area contributed by atoms with E-state index in [-0.39, 0.29) is 5.97 Å². The minimum absolute atomic E-state index is 0.339. The Morgan fingerprint density at radius 1 is 1.33 bits per heavy atom. The summed E-state index contributed by atoms with van der Waals surface area (Å²) in [5.41, 5.74) is 1.25. The third-order valence-electron chi connectivity index (χ3n) is 2.99. The molecule has 0 unspecified atom stereocenters. The lowest BCUT2D eigenvalue weighted by Crippen LogP contribution is -2.30. The van der Waals surface area contributed by atoms with Gasteiger partial charge in [0.05, 0.1) is 24.2 Å². The molecule has 128 valence electrons. The molecular weight excluding hydrogens is 344 g/mol. The van der Waals surface area contributed by atoms with Gasteiger partial charge in [-0.25, -0.2) is 4.79 Å². The van der Waals surface area contributed by atoms with Crippen molar-refractivity contribution < 1.29 is 13.9 Å². The van der Waals surface area contributed by atoms with E-state index in [9.17, 15) is 4.79 Å². The third-order valence-corrected chi connectivity index (χ3v) is 4.22. The highest BCUT2D eigenvalue weighted by molar-refractivity contribution is 7.98. The van der Waals surface area contributed by atoms with E-state index in [1.54, 1.807) is 43.1 Å². The number of hydrogen-bond acceptors (Lipinski definition) is 5. The smallest absolute Gasteiger partial charge is 0.338 e. The molecule has 7 heteroatoms. The van der Waals surface area contributed by atoms with Crippen molar-refractivity contribution >= 4 is 40.7 Å². The van der Waals surface area contributed by atoms with E-state index in [0.717, 1.165) is 29.5 Å². The molecule has 0 amide bonds. The lowest BCUT2D eigenvalue weighted by molar-refractivity contribution is 0.0526. The van der Waals surface area contributed by atoms with E-state index in [1.165, 1.54) is 0 Å². The largest absolute Gasteiger partial charge is 0.468 e. The van der Waals surface area contributed by atoms with E-state index in [4.69, 9.17) is 21.4 Å². The van der Waals surface area contributed by atoms with E-state index < -0.39 is 0 Å². The summed E-state index contributed by atoms with van der Waals surface area (Å²) >= 11 is 7.03. The molecule has 1 heterocycles. The van der Waals surface area contributed by atoms with Crippen LogP contribution < -0.4 is 10.6 Å². The van der Waals surface area contributed by atoms with Crippen LogP contribution in [0, 0.1) is 0 Å². The Hall–Kier alpha value is -1.99. The molecule has 1 aromatic heterocycles. The van der Waals surface area contributed by atoms with E-state index >= 15 is 0 Å². The van der Waals surface area contributed by atoms with Crippen molar-refractivity contribution in [1.82, 2.24) is 5.32 Å². The minimum Gasteiger partial charge on any atom is -0.468 e. The van der Waals surface area contributed by atoms with Gasteiger partial charge in [0.15, 0.2) is 5.11 Å². The molecule has 0 atom stereocenters. The van der Waals surface area contributed by atoms with Crippen LogP contribution in [0.25, 0.3) is 0 Å². The molecule has 2 rings (SSSR count).